The molecule has 0 aliphatic carbocycles. The fraction of sp³-hybridized carbons (Fsp3) is 0.400. The van der Waals surface area contributed by atoms with Gasteiger partial charge in [-0.1, -0.05) is 13.3 Å². The van der Waals surface area contributed by atoms with E-state index >= 15 is 0 Å². The summed E-state index contributed by atoms with van der Waals surface area (Å²) in [6.45, 7) is 2.89. The van der Waals surface area contributed by atoms with Gasteiger partial charge >= 0.3 is 5.51 Å². The number of nitrogens with one attached hydrogen (secondary N) is 1. The third-order valence-electron chi connectivity index (χ3n) is 5.03. The summed E-state index contributed by atoms with van der Waals surface area (Å²) in [4.78, 5) is 27.6. The van der Waals surface area contributed by atoms with Gasteiger partial charge in [0.25, 0.3) is 15.7 Å². The minimum Gasteiger partial charge on any atom is -0.340 e. The zero-order chi connectivity index (χ0) is 22.8. The molecule has 31 heavy (non-hydrogen) atoms. The van der Waals surface area contributed by atoms with E-state index in [0.717, 1.165) is 36.2 Å². The van der Waals surface area contributed by atoms with E-state index in [1.54, 1.807) is 16.2 Å². The molecule has 1 aliphatic rings. The van der Waals surface area contributed by atoms with Crippen LogP contribution in [0, 0.1) is 0 Å². The Balaban J connectivity index is 1.71. The molecule has 0 saturated heterocycles. The van der Waals surface area contributed by atoms with Gasteiger partial charge in [-0.05, 0) is 54.1 Å². The lowest BCUT2D eigenvalue weighted by molar-refractivity contribution is -0.134. The number of sulfone groups is 1. The average molecular weight is 475 g/mol. The summed E-state index contributed by atoms with van der Waals surface area (Å²) in [5.74, 6) is -0.876. The van der Waals surface area contributed by atoms with Crippen molar-refractivity contribution in [3.8, 4) is 0 Å². The Bertz CT molecular complexity index is 1060. The molecule has 1 atom stereocenters. The normalized spacial score (nSPS) is 15.3. The lowest BCUT2D eigenvalue weighted by Crippen LogP contribution is -2.49. The summed E-state index contributed by atoms with van der Waals surface area (Å²) >= 11 is 1.65. The molecule has 0 fully saturated rings. The van der Waals surface area contributed by atoms with E-state index in [4.69, 9.17) is 0 Å². The van der Waals surface area contributed by atoms with Crippen molar-refractivity contribution in [1.82, 2.24) is 10.2 Å². The minimum absolute atomic E-state index is 0.0335. The quantitative estimate of drug-likeness (QED) is 0.695. The van der Waals surface area contributed by atoms with Gasteiger partial charge in [0.05, 0.1) is 4.90 Å². The second kappa shape index (κ2) is 8.99. The first kappa shape index (κ1) is 23.3. The third kappa shape index (κ3) is 4.93. The summed E-state index contributed by atoms with van der Waals surface area (Å²) in [5.41, 5.74) is -4.37. The molecule has 0 bridgehead atoms. The highest BCUT2D eigenvalue weighted by Crippen LogP contribution is 2.30. The summed E-state index contributed by atoms with van der Waals surface area (Å²) in [6.07, 6.45) is 1.79. The predicted molar refractivity (Wildman–Crippen MR) is 109 cm³/mol. The van der Waals surface area contributed by atoms with Gasteiger partial charge in [0.15, 0.2) is 0 Å². The van der Waals surface area contributed by atoms with Gasteiger partial charge in [-0.3, -0.25) is 9.59 Å². The van der Waals surface area contributed by atoms with Crippen LogP contribution in [-0.2, 0) is 27.6 Å². The maximum absolute atomic E-state index is 13.0. The van der Waals surface area contributed by atoms with E-state index in [1.165, 1.54) is 4.88 Å². The zero-order valence-corrected chi connectivity index (χ0v) is 18.2. The van der Waals surface area contributed by atoms with Crippen molar-refractivity contribution >= 4 is 33.0 Å². The van der Waals surface area contributed by atoms with Gasteiger partial charge in [0.1, 0.15) is 6.04 Å². The number of halogens is 3. The standard InChI is InChI=1S/C20H21F3N2O4S2/c1-2-3-16(19(27)25-10-8-17-14(12-25)9-11-30-17)24-18(26)13-4-6-15(7-5-13)31(28,29)20(21,22)23/h4-7,9,11,16H,2-3,8,10,12H2,1H3,(H,24,26). The Kier molecular flexibility index (Phi) is 6.75. The molecule has 1 aliphatic heterocycles. The summed E-state index contributed by atoms with van der Waals surface area (Å²) in [6, 6.07) is 4.66. The molecule has 1 aromatic carbocycles. The average Bonchev–Trinajstić information content (AvgIpc) is 3.20. The second-order valence-corrected chi connectivity index (χ2v) is 10.1. The molecule has 11 heteroatoms. The minimum atomic E-state index is -5.49. The Morgan fingerprint density at radius 3 is 2.48 bits per heavy atom. The van der Waals surface area contributed by atoms with E-state index in [9.17, 15) is 31.2 Å². The molecule has 6 nitrogen and oxygen atoms in total. The monoisotopic (exact) mass is 474 g/mol. The van der Waals surface area contributed by atoms with Crippen molar-refractivity contribution in [3.63, 3.8) is 0 Å². The SMILES string of the molecule is CCCC(NC(=O)c1ccc(S(=O)(=O)C(F)(F)F)cc1)C(=O)N1CCc2sccc2C1. The fourth-order valence-electron chi connectivity index (χ4n) is 3.36. The molecule has 2 heterocycles. The second-order valence-electron chi connectivity index (χ2n) is 7.17. The van der Waals surface area contributed by atoms with E-state index in [1.807, 2.05) is 18.4 Å². The van der Waals surface area contributed by atoms with Crippen molar-refractivity contribution in [2.24, 2.45) is 0 Å². The number of fused-ring (bicyclic) bond motifs is 1. The number of nitrogens with zero attached hydrogens (tertiary/aromatic N) is 1. The first-order valence-electron chi connectivity index (χ1n) is 9.61. The van der Waals surface area contributed by atoms with Gasteiger partial charge < -0.3 is 10.2 Å². The fourth-order valence-corrected chi connectivity index (χ4v) is 5.02. The van der Waals surface area contributed by atoms with Crippen molar-refractivity contribution < 1.29 is 31.2 Å². The topological polar surface area (TPSA) is 83.5 Å². The number of carbonyl (C=O) groups is 2. The van der Waals surface area contributed by atoms with E-state index in [0.29, 0.717) is 25.9 Å². The number of rotatable bonds is 6. The first-order valence-corrected chi connectivity index (χ1v) is 12.0. The van der Waals surface area contributed by atoms with Gasteiger partial charge in [-0.15, -0.1) is 11.3 Å². The van der Waals surface area contributed by atoms with Crippen LogP contribution in [0.5, 0.6) is 0 Å². The number of amides is 2. The molecule has 1 aromatic heterocycles. The van der Waals surface area contributed by atoms with E-state index in [-0.39, 0.29) is 11.5 Å². The van der Waals surface area contributed by atoms with Gasteiger partial charge in [-0.25, -0.2) is 8.42 Å². The smallest absolute Gasteiger partial charge is 0.340 e. The van der Waals surface area contributed by atoms with Crippen LogP contribution < -0.4 is 5.32 Å². The molecule has 0 radical (unpaired) electrons. The van der Waals surface area contributed by atoms with Crippen molar-refractivity contribution in [1.29, 1.82) is 0 Å². The number of hydrogen-bond donors (Lipinski definition) is 1. The molecule has 0 spiro atoms. The molecular formula is C20H21F3N2O4S2. The van der Waals surface area contributed by atoms with Crippen LogP contribution in [0.4, 0.5) is 13.2 Å². The Morgan fingerprint density at radius 1 is 1.19 bits per heavy atom. The number of carbonyl (C=O) groups excluding carboxylic acids is 2. The van der Waals surface area contributed by atoms with Crippen LogP contribution in [0.3, 0.4) is 0 Å². The van der Waals surface area contributed by atoms with Crippen LogP contribution in [0.1, 0.15) is 40.6 Å². The molecule has 3 rings (SSSR count). The van der Waals surface area contributed by atoms with Gasteiger partial charge in [-0.2, -0.15) is 13.2 Å². The molecule has 2 aromatic rings. The zero-order valence-electron chi connectivity index (χ0n) is 16.6. The van der Waals surface area contributed by atoms with Gasteiger partial charge in [0.2, 0.25) is 5.91 Å². The number of benzene rings is 1. The largest absolute Gasteiger partial charge is 0.501 e. The highest BCUT2D eigenvalue weighted by molar-refractivity contribution is 7.92. The van der Waals surface area contributed by atoms with E-state index < -0.39 is 32.2 Å². The molecule has 1 N–H and O–H groups in total. The Labute approximate surface area is 182 Å². The molecular weight excluding hydrogens is 453 g/mol. The molecule has 2 amide bonds. The number of hydrogen-bond acceptors (Lipinski definition) is 5. The highest BCUT2D eigenvalue weighted by atomic mass is 32.2. The number of thiophene rings is 1. The molecule has 0 saturated carbocycles. The molecule has 1 unspecified atom stereocenters. The van der Waals surface area contributed by atoms with Crippen LogP contribution in [0.25, 0.3) is 0 Å². The summed E-state index contributed by atoms with van der Waals surface area (Å²) < 4.78 is 60.9. The van der Waals surface area contributed by atoms with Crippen molar-refractivity contribution in [3.05, 3.63) is 51.7 Å². The number of alkyl halides is 3. The Hall–Kier alpha value is -2.40. The van der Waals surface area contributed by atoms with Crippen LogP contribution in [-0.4, -0.2) is 43.2 Å². The van der Waals surface area contributed by atoms with Crippen LogP contribution in [0.15, 0.2) is 40.6 Å². The summed E-state index contributed by atoms with van der Waals surface area (Å²) in [7, 11) is -5.49. The van der Waals surface area contributed by atoms with Crippen LogP contribution in [0.2, 0.25) is 0 Å². The summed E-state index contributed by atoms with van der Waals surface area (Å²) in [5, 5.41) is 4.62. The highest BCUT2D eigenvalue weighted by Gasteiger charge is 2.46. The van der Waals surface area contributed by atoms with Crippen molar-refractivity contribution in [2.75, 3.05) is 6.54 Å². The van der Waals surface area contributed by atoms with Crippen molar-refractivity contribution in [2.45, 2.75) is 49.2 Å². The first-order chi connectivity index (χ1) is 14.5. The van der Waals surface area contributed by atoms with Gasteiger partial charge in [0, 0.05) is 23.5 Å². The predicted octanol–water partition coefficient (Wildman–Crippen LogP) is 3.53. The van der Waals surface area contributed by atoms with Crippen LogP contribution >= 0.6 is 11.3 Å². The maximum atomic E-state index is 13.0. The Morgan fingerprint density at radius 2 is 1.87 bits per heavy atom. The molecule has 168 valence electrons. The third-order valence-corrected chi connectivity index (χ3v) is 7.56. The lowest BCUT2D eigenvalue weighted by Gasteiger charge is -2.31. The van der Waals surface area contributed by atoms with E-state index in [2.05, 4.69) is 5.32 Å². The maximum Gasteiger partial charge on any atom is 0.501 e. The lowest BCUT2D eigenvalue weighted by atomic mass is 10.1.